The zero-order valence-electron chi connectivity index (χ0n) is 18.4. The molecule has 34 heavy (non-hydrogen) atoms. The Bertz CT molecular complexity index is 1400. The first-order chi connectivity index (χ1) is 16.2. The molecule has 1 aliphatic rings. The molecule has 0 spiro atoms. The lowest BCUT2D eigenvalue weighted by Crippen LogP contribution is -2.45. The first-order valence-corrected chi connectivity index (χ1v) is 12.2. The third-order valence-electron chi connectivity index (χ3n) is 5.53. The number of ether oxygens (including phenoxy) is 1. The Morgan fingerprint density at radius 3 is 2.38 bits per heavy atom. The number of piperidine rings is 1. The predicted octanol–water partition coefficient (Wildman–Crippen LogP) is 2.20. The fourth-order valence-electron chi connectivity index (χ4n) is 3.88. The smallest absolute Gasteiger partial charge is 0.325 e. The van der Waals surface area contributed by atoms with Crippen LogP contribution in [0.4, 0.5) is 5.69 Å². The number of para-hydroxylation sites is 1. The van der Waals surface area contributed by atoms with Crippen LogP contribution in [-0.4, -0.2) is 41.7 Å². The van der Waals surface area contributed by atoms with Gasteiger partial charge < -0.3 is 15.0 Å². The minimum Gasteiger partial charge on any atom is -0.457 e. The molecule has 0 bridgehead atoms. The molecule has 1 amide bonds. The number of carbonyl (C=O) groups excluding carboxylic acids is 1. The molecule has 0 unspecified atom stereocenters. The monoisotopic (exact) mass is 484 g/mol. The van der Waals surface area contributed by atoms with Gasteiger partial charge in [0.05, 0.1) is 5.92 Å². The van der Waals surface area contributed by atoms with Crippen LogP contribution in [0.5, 0.6) is 11.5 Å². The Morgan fingerprint density at radius 1 is 1.03 bits per heavy atom. The summed E-state index contributed by atoms with van der Waals surface area (Å²) in [5.74, 6) is 0.398. The summed E-state index contributed by atoms with van der Waals surface area (Å²) in [7, 11) is -4.19. The van der Waals surface area contributed by atoms with Crippen molar-refractivity contribution >= 4 is 21.6 Å². The molecule has 178 valence electrons. The Hall–Kier alpha value is -3.70. The number of rotatable bonds is 6. The van der Waals surface area contributed by atoms with Crippen molar-refractivity contribution in [3.05, 3.63) is 81.1 Å². The van der Waals surface area contributed by atoms with Gasteiger partial charge in [-0.05, 0) is 56.2 Å². The minimum atomic E-state index is -4.19. The van der Waals surface area contributed by atoms with E-state index >= 15 is 0 Å². The molecule has 0 saturated carbocycles. The number of sulfonamides is 1. The molecule has 11 heteroatoms. The van der Waals surface area contributed by atoms with Crippen LogP contribution >= 0.6 is 0 Å². The highest BCUT2D eigenvalue weighted by molar-refractivity contribution is 7.89. The lowest BCUT2D eigenvalue weighted by molar-refractivity contribution is -0.120. The number of nitrogens with one attached hydrogen (secondary N) is 3. The lowest BCUT2D eigenvalue weighted by Gasteiger charge is -2.31. The van der Waals surface area contributed by atoms with Crippen LogP contribution in [0.15, 0.2) is 69.1 Å². The molecular formula is C23H24N4O6S. The minimum absolute atomic E-state index is 0.0434. The summed E-state index contributed by atoms with van der Waals surface area (Å²) < 4.78 is 33.0. The van der Waals surface area contributed by atoms with Gasteiger partial charge in [-0.3, -0.25) is 14.6 Å². The average Bonchev–Trinajstić information content (AvgIpc) is 2.80. The second-order valence-electron chi connectivity index (χ2n) is 7.99. The van der Waals surface area contributed by atoms with Crippen molar-refractivity contribution in [2.75, 3.05) is 18.4 Å². The molecule has 3 N–H and O–H groups in total. The Kier molecular flexibility index (Phi) is 6.66. The summed E-state index contributed by atoms with van der Waals surface area (Å²) in [6, 6.07) is 16.2. The van der Waals surface area contributed by atoms with E-state index in [1.165, 1.54) is 6.92 Å². The van der Waals surface area contributed by atoms with Crippen molar-refractivity contribution in [2.24, 2.45) is 5.92 Å². The summed E-state index contributed by atoms with van der Waals surface area (Å²) in [5.41, 5.74) is -1.25. The topological polar surface area (TPSA) is 141 Å². The number of carbonyl (C=O) groups is 1. The summed E-state index contributed by atoms with van der Waals surface area (Å²) in [4.78, 5) is 40.2. The fourth-order valence-corrected chi connectivity index (χ4v) is 5.61. The predicted molar refractivity (Wildman–Crippen MR) is 125 cm³/mol. The molecule has 4 rings (SSSR count). The van der Waals surface area contributed by atoms with Crippen molar-refractivity contribution < 1.29 is 17.9 Å². The second kappa shape index (κ2) is 9.65. The first kappa shape index (κ1) is 23.5. The molecule has 1 aliphatic heterocycles. The number of hydrogen-bond donors (Lipinski definition) is 3. The van der Waals surface area contributed by atoms with Crippen LogP contribution in [0.3, 0.4) is 0 Å². The van der Waals surface area contributed by atoms with Crippen molar-refractivity contribution in [3.63, 3.8) is 0 Å². The molecule has 10 nitrogen and oxygen atoms in total. The average molecular weight is 485 g/mol. The fraction of sp³-hybridized carbons (Fsp3) is 0.261. The maximum Gasteiger partial charge on any atom is 0.325 e. The van der Waals surface area contributed by atoms with Gasteiger partial charge in [-0.15, -0.1) is 0 Å². The molecule has 2 aromatic carbocycles. The first-order valence-electron chi connectivity index (χ1n) is 10.7. The Morgan fingerprint density at radius 2 is 1.71 bits per heavy atom. The number of aromatic nitrogens is 2. The highest BCUT2D eigenvalue weighted by Gasteiger charge is 2.36. The van der Waals surface area contributed by atoms with Crippen LogP contribution in [-0.2, 0) is 14.8 Å². The van der Waals surface area contributed by atoms with Crippen LogP contribution < -0.4 is 21.3 Å². The second-order valence-corrected chi connectivity index (χ2v) is 9.87. The van der Waals surface area contributed by atoms with E-state index in [-0.39, 0.29) is 24.7 Å². The standard InChI is InChI=1S/C23H24N4O6S/c1-15-20(22(29)26-23(30)24-15)34(31,32)27-13-5-6-16(14-27)21(28)25-17-9-11-19(12-10-17)33-18-7-3-2-4-8-18/h2-4,7-12,16H,5-6,13-14H2,1H3,(H,25,28)(H2,24,26,29,30)/t16-/m1/s1. The van der Waals surface area contributed by atoms with Gasteiger partial charge in [-0.25, -0.2) is 13.2 Å². The molecule has 3 aromatic rings. The Labute approximate surface area is 195 Å². The summed E-state index contributed by atoms with van der Waals surface area (Å²) >= 11 is 0. The molecular weight excluding hydrogens is 460 g/mol. The largest absolute Gasteiger partial charge is 0.457 e. The van der Waals surface area contributed by atoms with Gasteiger partial charge in [-0.2, -0.15) is 4.31 Å². The van der Waals surface area contributed by atoms with Crippen LogP contribution in [0.25, 0.3) is 0 Å². The number of anilines is 1. The molecule has 0 aliphatic carbocycles. The van der Waals surface area contributed by atoms with Gasteiger partial charge in [0, 0.05) is 24.5 Å². The van der Waals surface area contributed by atoms with E-state index in [1.54, 1.807) is 24.3 Å². The third kappa shape index (κ3) is 5.10. The molecule has 1 atom stereocenters. The van der Waals surface area contributed by atoms with E-state index in [1.807, 2.05) is 35.3 Å². The van der Waals surface area contributed by atoms with E-state index in [0.29, 0.717) is 30.0 Å². The maximum atomic E-state index is 13.1. The number of aryl methyl sites for hydroxylation is 1. The van der Waals surface area contributed by atoms with E-state index in [0.717, 1.165) is 4.31 Å². The highest BCUT2D eigenvalue weighted by Crippen LogP contribution is 2.26. The van der Waals surface area contributed by atoms with Gasteiger partial charge in [0.2, 0.25) is 15.9 Å². The highest BCUT2D eigenvalue weighted by atomic mass is 32.2. The van der Waals surface area contributed by atoms with E-state index in [9.17, 15) is 22.8 Å². The summed E-state index contributed by atoms with van der Waals surface area (Å²) in [5, 5.41) is 2.81. The van der Waals surface area contributed by atoms with Crippen LogP contribution in [0, 0.1) is 12.8 Å². The third-order valence-corrected chi connectivity index (χ3v) is 7.55. The molecule has 1 saturated heterocycles. The van der Waals surface area contributed by atoms with Gasteiger partial charge >= 0.3 is 5.69 Å². The normalized spacial score (nSPS) is 16.7. The summed E-state index contributed by atoms with van der Waals surface area (Å²) in [6.07, 6.45) is 0.968. The van der Waals surface area contributed by atoms with Crippen LogP contribution in [0.2, 0.25) is 0 Å². The summed E-state index contributed by atoms with van der Waals surface area (Å²) in [6.45, 7) is 1.46. The number of nitrogens with zero attached hydrogens (tertiary/aromatic N) is 1. The number of hydrogen-bond acceptors (Lipinski definition) is 6. The van der Waals surface area contributed by atoms with E-state index in [4.69, 9.17) is 4.74 Å². The van der Waals surface area contributed by atoms with Crippen molar-refractivity contribution in [1.82, 2.24) is 14.3 Å². The van der Waals surface area contributed by atoms with Crippen LogP contribution in [0.1, 0.15) is 18.5 Å². The maximum absolute atomic E-state index is 13.1. The lowest BCUT2D eigenvalue weighted by atomic mass is 9.99. The van der Waals surface area contributed by atoms with Gasteiger partial charge in [0.15, 0.2) is 4.90 Å². The van der Waals surface area contributed by atoms with Crippen molar-refractivity contribution in [3.8, 4) is 11.5 Å². The number of benzene rings is 2. The Balaban J connectivity index is 1.44. The quantitative estimate of drug-likeness (QED) is 0.490. The number of aromatic amines is 2. The number of H-pyrrole nitrogens is 2. The molecule has 2 heterocycles. The number of amides is 1. The molecule has 1 fully saturated rings. The van der Waals surface area contributed by atoms with Crippen molar-refractivity contribution in [2.45, 2.75) is 24.7 Å². The zero-order valence-corrected chi connectivity index (χ0v) is 19.2. The van der Waals surface area contributed by atoms with Crippen molar-refractivity contribution in [1.29, 1.82) is 0 Å². The van der Waals surface area contributed by atoms with Gasteiger partial charge in [0.25, 0.3) is 5.56 Å². The van der Waals surface area contributed by atoms with Gasteiger partial charge in [0.1, 0.15) is 11.5 Å². The molecule has 1 aromatic heterocycles. The van der Waals surface area contributed by atoms with E-state index in [2.05, 4.69) is 10.3 Å². The van der Waals surface area contributed by atoms with E-state index < -0.39 is 32.1 Å². The SMILES string of the molecule is Cc1[nH]c(=O)[nH]c(=O)c1S(=O)(=O)N1CCC[C@@H](C(=O)Nc2ccc(Oc3ccccc3)cc2)C1. The zero-order chi connectivity index (χ0) is 24.3. The van der Waals surface area contributed by atoms with Gasteiger partial charge in [-0.1, -0.05) is 18.2 Å². The molecule has 0 radical (unpaired) electrons.